The van der Waals surface area contributed by atoms with Crippen LogP contribution in [0, 0.1) is 6.92 Å². The Bertz CT molecular complexity index is 970. The van der Waals surface area contributed by atoms with Gasteiger partial charge in [0.25, 0.3) is 0 Å². The van der Waals surface area contributed by atoms with Gasteiger partial charge in [-0.25, -0.2) is 14.8 Å². The van der Waals surface area contributed by atoms with E-state index in [0.717, 1.165) is 41.6 Å². The van der Waals surface area contributed by atoms with Gasteiger partial charge in [0.2, 0.25) is 0 Å². The number of piperidine rings is 1. The number of rotatable bonds is 5. The molecule has 4 heterocycles. The highest BCUT2D eigenvalue weighted by Crippen LogP contribution is 2.25. The van der Waals surface area contributed by atoms with Crippen molar-refractivity contribution in [3.05, 3.63) is 53.3 Å². The largest absolute Gasteiger partial charge is 0.412 e. The summed E-state index contributed by atoms with van der Waals surface area (Å²) < 4.78 is 0. The number of likely N-dealkylation sites (tertiary alicyclic amines) is 1. The Morgan fingerprint density at radius 2 is 1.87 bits per heavy atom. The normalized spacial score (nSPS) is 14.0. The number of carbonyl (C=O) groups excluding carboxylic acids is 1. The Kier molecular flexibility index (Phi) is 7.45. The van der Waals surface area contributed by atoms with Gasteiger partial charge in [0.15, 0.2) is 0 Å². The van der Waals surface area contributed by atoms with Crippen molar-refractivity contribution in [2.24, 2.45) is 0 Å². The van der Waals surface area contributed by atoms with Crippen LogP contribution in [0.3, 0.4) is 0 Å². The van der Waals surface area contributed by atoms with Crippen LogP contribution in [-0.2, 0) is 6.54 Å². The number of amides is 2. The zero-order valence-electron chi connectivity index (χ0n) is 16.9. The molecule has 0 saturated carbocycles. The maximum atomic E-state index is 12.4. The van der Waals surface area contributed by atoms with Crippen molar-refractivity contribution < 1.29 is 10.3 Å². The van der Waals surface area contributed by atoms with E-state index in [1.165, 1.54) is 30.6 Å². The van der Waals surface area contributed by atoms with Crippen LogP contribution in [0.15, 0.2) is 41.9 Å². The third-order valence-electron chi connectivity index (χ3n) is 4.79. The van der Waals surface area contributed by atoms with E-state index < -0.39 is 0 Å². The van der Waals surface area contributed by atoms with E-state index in [4.69, 9.17) is 0 Å². The van der Waals surface area contributed by atoms with E-state index in [-0.39, 0.29) is 11.5 Å². The fourth-order valence-corrected chi connectivity index (χ4v) is 4.05. The lowest BCUT2D eigenvalue weighted by molar-refractivity contribution is 0.218. The van der Waals surface area contributed by atoms with Crippen molar-refractivity contribution >= 4 is 29.0 Å². The molecule has 1 saturated heterocycles. The van der Waals surface area contributed by atoms with Crippen molar-refractivity contribution in [2.75, 3.05) is 23.7 Å². The zero-order valence-corrected chi connectivity index (χ0v) is 17.7. The Balaban J connectivity index is 0.00000256. The van der Waals surface area contributed by atoms with Crippen LogP contribution in [0.2, 0.25) is 0 Å². The summed E-state index contributed by atoms with van der Waals surface area (Å²) in [6, 6.07) is 9.28. The summed E-state index contributed by atoms with van der Waals surface area (Å²) in [5.41, 5.74) is 2.85. The number of urea groups is 1. The fourth-order valence-electron chi connectivity index (χ4n) is 3.31. The predicted molar refractivity (Wildman–Crippen MR) is 120 cm³/mol. The molecule has 2 amide bonds. The molecule has 0 radical (unpaired) electrons. The Morgan fingerprint density at radius 1 is 1.07 bits per heavy atom. The van der Waals surface area contributed by atoms with Gasteiger partial charge in [-0.1, -0.05) is 12.5 Å². The highest BCUT2D eigenvalue weighted by Gasteiger charge is 2.12. The van der Waals surface area contributed by atoms with Gasteiger partial charge in [0.05, 0.1) is 5.69 Å². The van der Waals surface area contributed by atoms with E-state index in [9.17, 15) is 4.79 Å². The van der Waals surface area contributed by atoms with E-state index in [2.05, 4.69) is 30.5 Å². The first-order valence-electron chi connectivity index (χ1n) is 9.80. The van der Waals surface area contributed by atoms with Gasteiger partial charge < -0.3 is 5.48 Å². The molecule has 0 unspecified atom stereocenters. The number of nitrogens with zero attached hydrogens (tertiary/aromatic N) is 4. The second-order valence-corrected chi connectivity index (χ2v) is 8.01. The molecular weight excluding hydrogens is 400 g/mol. The standard InChI is InChI=1S/C21H24N6OS.H2O/c1-15-8-9-16(12-22-15)20-24-19(14-29-20)26-21(28)25-18-7-5-6-17(23-18)13-27-10-3-2-4-11-27;/h5-9,12,14H,2-4,10-11,13H2,1H3,(H2,23,25,26,28);1H2. The summed E-state index contributed by atoms with van der Waals surface area (Å²) in [4.78, 5) is 28.1. The Hall–Kier alpha value is -2.88. The van der Waals surface area contributed by atoms with Crippen LogP contribution >= 0.6 is 11.3 Å². The molecule has 0 bridgehead atoms. The fraction of sp³-hybridized carbons (Fsp3) is 0.333. The third kappa shape index (κ3) is 5.82. The van der Waals surface area contributed by atoms with Gasteiger partial charge >= 0.3 is 6.03 Å². The van der Waals surface area contributed by atoms with Gasteiger partial charge in [-0.15, -0.1) is 11.3 Å². The molecule has 0 aliphatic carbocycles. The highest BCUT2D eigenvalue weighted by atomic mass is 32.1. The molecule has 1 aliphatic rings. The lowest BCUT2D eigenvalue weighted by Gasteiger charge is -2.26. The molecule has 0 aromatic carbocycles. The number of thiazole rings is 1. The first-order valence-corrected chi connectivity index (χ1v) is 10.7. The summed E-state index contributed by atoms with van der Waals surface area (Å²) in [7, 11) is 0. The maximum Gasteiger partial charge on any atom is 0.326 e. The second-order valence-electron chi connectivity index (χ2n) is 7.16. The molecule has 0 spiro atoms. The van der Waals surface area contributed by atoms with Crippen LogP contribution in [-0.4, -0.2) is 44.4 Å². The zero-order chi connectivity index (χ0) is 20.1. The smallest absolute Gasteiger partial charge is 0.326 e. The number of hydrogen-bond acceptors (Lipinski definition) is 6. The average molecular weight is 427 g/mol. The minimum atomic E-state index is -0.355. The van der Waals surface area contributed by atoms with Gasteiger partial charge in [0.1, 0.15) is 16.6 Å². The maximum absolute atomic E-state index is 12.4. The van der Waals surface area contributed by atoms with E-state index in [0.29, 0.717) is 11.6 Å². The lowest BCUT2D eigenvalue weighted by atomic mass is 10.1. The molecule has 9 heteroatoms. The van der Waals surface area contributed by atoms with Gasteiger partial charge in [0, 0.05) is 29.4 Å². The Labute approximate surface area is 179 Å². The number of hydrogen-bond donors (Lipinski definition) is 2. The molecule has 0 atom stereocenters. The first-order chi connectivity index (χ1) is 14.2. The van der Waals surface area contributed by atoms with Crippen molar-refractivity contribution in [2.45, 2.75) is 32.7 Å². The topological polar surface area (TPSA) is 115 Å². The number of aromatic nitrogens is 3. The van der Waals surface area contributed by atoms with Gasteiger partial charge in [-0.2, -0.15) is 0 Å². The average Bonchev–Trinajstić information content (AvgIpc) is 3.18. The van der Waals surface area contributed by atoms with E-state index >= 15 is 0 Å². The monoisotopic (exact) mass is 426 g/mol. The molecule has 30 heavy (non-hydrogen) atoms. The van der Waals surface area contributed by atoms with E-state index in [1.54, 1.807) is 12.3 Å². The van der Waals surface area contributed by atoms with Crippen molar-refractivity contribution in [3.8, 4) is 10.6 Å². The van der Waals surface area contributed by atoms with Crippen molar-refractivity contribution in [1.82, 2.24) is 19.9 Å². The molecule has 158 valence electrons. The summed E-state index contributed by atoms with van der Waals surface area (Å²) in [6.07, 6.45) is 5.59. The van der Waals surface area contributed by atoms with Crippen LogP contribution in [0.5, 0.6) is 0 Å². The van der Waals surface area contributed by atoms with Crippen LogP contribution in [0.1, 0.15) is 30.7 Å². The molecule has 4 N–H and O–H groups in total. The van der Waals surface area contributed by atoms with Crippen LogP contribution in [0.4, 0.5) is 16.4 Å². The minimum absolute atomic E-state index is 0. The Morgan fingerprint density at radius 3 is 2.63 bits per heavy atom. The molecule has 4 rings (SSSR count). The molecule has 8 nitrogen and oxygen atoms in total. The number of anilines is 2. The number of nitrogens with one attached hydrogen (secondary N) is 2. The molecular formula is C21H26N6O2S. The first kappa shape index (κ1) is 21.8. The van der Waals surface area contributed by atoms with Gasteiger partial charge in [-0.05, 0) is 57.1 Å². The molecule has 3 aromatic rings. The van der Waals surface area contributed by atoms with Crippen LogP contribution in [0.25, 0.3) is 10.6 Å². The minimum Gasteiger partial charge on any atom is -0.412 e. The second kappa shape index (κ2) is 10.2. The summed E-state index contributed by atoms with van der Waals surface area (Å²) in [6.45, 7) is 4.99. The van der Waals surface area contributed by atoms with Crippen molar-refractivity contribution in [1.29, 1.82) is 0 Å². The SMILES string of the molecule is Cc1ccc(-c2nc(NC(=O)Nc3cccc(CN4CCCCC4)n3)cs2)cn1.O. The molecule has 1 aliphatic heterocycles. The number of carbonyl (C=O) groups is 1. The van der Waals surface area contributed by atoms with Crippen molar-refractivity contribution in [3.63, 3.8) is 0 Å². The number of pyridine rings is 2. The summed E-state index contributed by atoms with van der Waals surface area (Å²) >= 11 is 1.46. The summed E-state index contributed by atoms with van der Waals surface area (Å²) in [5, 5.41) is 8.20. The summed E-state index contributed by atoms with van der Waals surface area (Å²) in [5.74, 6) is 1.04. The predicted octanol–water partition coefficient (Wildman–Crippen LogP) is 3.71. The van der Waals surface area contributed by atoms with E-state index in [1.807, 2.05) is 36.6 Å². The number of aryl methyl sites for hydroxylation is 1. The van der Waals surface area contributed by atoms with Crippen LogP contribution < -0.4 is 10.6 Å². The quantitative estimate of drug-likeness (QED) is 0.645. The lowest BCUT2D eigenvalue weighted by Crippen LogP contribution is -2.29. The third-order valence-corrected chi connectivity index (χ3v) is 5.68. The molecule has 1 fully saturated rings. The highest BCUT2D eigenvalue weighted by molar-refractivity contribution is 7.13. The van der Waals surface area contributed by atoms with Gasteiger partial charge in [-0.3, -0.25) is 20.5 Å². The molecule has 3 aromatic heterocycles.